The number of nitrogens with one attached hydrogen (secondary N) is 1. The number of nitrogens with two attached hydrogens (primary N) is 1. The second kappa shape index (κ2) is 9.22. The zero-order valence-corrected chi connectivity index (χ0v) is 15.0. The van der Waals surface area contributed by atoms with E-state index >= 15 is 0 Å². The Labute approximate surface area is 144 Å². The summed E-state index contributed by atoms with van der Waals surface area (Å²) in [5, 5.41) is 3.02. The van der Waals surface area contributed by atoms with E-state index in [0.29, 0.717) is 6.54 Å². The first-order valence-electron chi connectivity index (χ1n) is 9.10. The van der Waals surface area contributed by atoms with Crippen LogP contribution in [-0.2, 0) is 9.53 Å². The van der Waals surface area contributed by atoms with Crippen LogP contribution in [0.4, 0.5) is 4.79 Å². The Morgan fingerprint density at radius 1 is 1.29 bits per heavy atom. The van der Waals surface area contributed by atoms with Crippen molar-refractivity contribution >= 4 is 11.9 Å². The molecule has 2 rings (SSSR count). The number of carbonyl (C=O) groups is 2. The lowest BCUT2D eigenvalue weighted by Gasteiger charge is -2.37. The van der Waals surface area contributed by atoms with Gasteiger partial charge in [-0.05, 0) is 52.1 Å². The van der Waals surface area contributed by atoms with Gasteiger partial charge in [-0.15, -0.1) is 0 Å². The van der Waals surface area contributed by atoms with Crippen LogP contribution in [0.3, 0.4) is 0 Å². The summed E-state index contributed by atoms with van der Waals surface area (Å²) in [6.45, 7) is 6.14. The molecule has 138 valence electrons. The molecule has 7 nitrogen and oxygen atoms in total. The molecular weight excluding hydrogens is 308 g/mol. The maximum absolute atomic E-state index is 12.3. The molecule has 0 spiro atoms. The number of rotatable bonds is 6. The van der Waals surface area contributed by atoms with E-state index in [-0.39, 0.29) is 30.0 Å². The Morgan fingerprint density at radius 2 is 2.08 bits per heavy atom. The number of ether oxygens (including phenoxy) is 1. The molecule has 24 heavy (non-hydrogen) atoms. The van der Waals surface area contributed by atoms with Crippen molar-refractivity contribution in [3.05, 3.63) is 0 Å². The number of carbonyl (C=O) groups excluding carboxylic acids is 2. The molecule has 0 unspecified atom stereocenters. The van der Waals surface area contributed by atoms with Crippen molar-refractivity contribution < 1.29 is 14.3 Å². The van der Waals surface area contributed by atoms with Gasteiger partial charge in [0.1, 0.15) is 0 Å². The van der Waals surface area contributed by atoms with Crippen LogP contribution in [0.5, 0.6) is 0 Å². The Kier molecular flexibility index (Phi) is 7.30. The van der Waals surface area contributed by atoms with E-state index < -0.39 is 0 Å². The maximum Gasteiger partial charge on any atom is 0.317 e. The molecule has 2 saturated heterocycles. The molecule has 0 radical (unpaired) electrons. The minimum atomic E-state index is -0.193. The summed E-state index contributed by atoms with van der Waals surface area (Å²) in [6.07, 6.45) is 4.87. The molecule has 0 aliphatic carbocycles. The van der Waals surface area contributed by atoms with Gasteiger partial charge < -0.3 is 25.6 Å². The van der Waals surface area contributed by atoms with Gasteiger partial charge in [0.25, 0.3) is 0 Å². The van der Waals surface area contributed by atoms with E-state index in [4.69, 9.17) is 10.5 Å². The average Bonchev–Trinajstić information content (AvgIpc) is 2.58. The molecule has 0 aromatic rings. The predicted octanol–water partition coefficient (Wildman–Crippen LogP) is 0.783. The second-order valence-electron chi connectivity index (χ2n) is 7.05. The second-order valence-corrected chi connectivity index (χ2v) is 7.05. The highest BCUT2D eigenvalue weighted by Crippen LogP contribution is 2.19. The molecule has 2 aliphatic heterocycles. The average molecular weight is 340 g/mol. The number of hydrogen-bond donors (Lipinski definition) is 2. The Balaban J connectivity index is 1.63. The highest BCUT2D eigenvalue weighted by molar-refractivity contribution is 5.77. The lowest BCUT2D eigenvalue weighted by Crippen LogP contribution is -2.51. The third kappa shape index (κ3) is 5.34. The lowest BCUT2D eigenvalue weighted by atomic mass is 9.97. The zero-order chi connectivity index (χ0) is 17.5. The molecule has 7 heteroatoms. The lowest BCUT2D eigenvalue weighted by molar-refractivity contribution is -0.123. The number of methoxy groups -OCH3 is 1. The van der Waals surface area contributed by atoms with Crippen LogP contribution in [0, 0.1) is 5.92 Å². The molecule has 2 fully saturated rings. The predicted molar refractivity (Wildman–Crippen MR) is 92.6 cm³/mol. The minimum Gasteiger partial charge on any atom is -0.381 e. The number of amides is 3. The summed E-state index contributed by atoms with van der Waals surface area (Å²) in [5.74, 6) is -0.210. The Hall–Kier alpha value is -1.34. The van der Waals surface area contributed by atoms with Crippen molar-refractivity contribution in [2.45, 2.75) is 51.2 Å². The van der Waals surface area contributed by atoms with Crippen LogP contribution in [0.15, 0.2) is 0 Å². The minimum absolute atomic E-state index is 0.0173. The van der Waals surface area contributed by atoms with Crippen molar-refractivity contribution in [3.8, 4) is 0 Å². The SMILES string of the molecule is CO[C@@H]1CCN(C(=O)NCCCN2CCC[C@H](C(N)=O)C2)[C@H](C)C1. The summed E-state index contributed by atoms with van der Waals surface area (Å²) in [4.78, 5) is 27.8. The molecule has 3 N–H and O–H groups in total. The third-order valence-corrected chi connectivity index (χ3v) is 5.26. The molecule has 3 amide bonds. The number of likely N-dealkylation sites (tertiary alicyclic amines) is 2. The van der Waals surface area contributed by atoms with E-state index in [1.54, 1.807) is 7.11 Å². The number of piperidine rings is 2. The summed E-state index contributed by atoms with van der Waals surface area (Å²) >= 11 is 0. The summed E-state index contributed by atoms with van der Waals surface area (Å²) in [5.41, 5.74) is 5.40. The van der Waals surface area contributed by atoms with Crippen molar-refractivity contribution in [1.29, 1.82) is 0 Å². The largest absolute Gasteiger partial charge is 0.381 e. The van der Waals surface area contributed by atoms with Crippen LogP contribution in [0.2, 0.25) is 0 Å². The summed E-state index contributed by atoms with van der Waals surface area (Å²) < 4.78 is 5.38. The fourth-order valence-electron chi connectivity index (χ4n) is 3.74. The smallest absolute Gasteiger partial charge is 0.317 e. The molecule has 3 atom stereocenters. The quantitative estimate of drug-likeness (QED) is 0.700. The van der Waals surface area contributed by atoms with Gasteiger partial charge in [-0.3, -0.25) is 4.79 Å². The van der Waals surface area contributed by atoms with E-state index in [2.05, 4.69) is 17.1 Å². The van der Waals surface area contributed by atoms with Gasteiger partial charge in [0.15, 0.2) is 0 Å². The van der Waals surface area contributed by atoms with E-state index in [0.717, 1.165) is 58.3 Å². The number of primary amides is 1. The number of nitrogens with zero attached hydrogens (tertiary/aromatic N) is 2. The molecule has 0 aromatic carbocycles. The Morgan fingerprint density at radius 3 is 2.75 bits per heavy atom. The molecule has 0 saturated carbocycles. The van der Waals surface area contributed by atoms with Crippen LogP contribution < -0.4 is 11.1 Å². The van der Waals surface area contributed by atoms with E-state index in [9.17, 15) is 9.59 Å². The normalized spacial score (nSPS) is 28.6. The fraction of sp³-hybridized carbons (Fsp3) is 0.882. The van der Waals surface area contributed by atoms with Gasteiger partial charge >= 0.3 is 6.03 Å². The van der Waals surface area contributed by atoms with Gasteiger partial charge in [-0.25, -0.2) is 4.79 Å². The molecule has 0 bridgehead atoms. The first-order valence-corrected chi connectivity index (χ1v) is 9.10. The van der Waals surface area contributed by atoms with Crippen molar-refractivity contribution in [2.75, 3.05) is 39.8 Å². The van der Waals surface area contributed by atoms with Gasteiger partial charge in [0, 0.05) is 32.8 Å². The maximum atomic E-state index is 12.3. The van der Waals surface area contributed by atoms with E-state index in [1.807, 2.05) is 4.90 Å². The zero-order valence-electron chi connectivity index (χ0n) is 15.0. The molecular formula is C17H32N4O3. The topological polar surface area (TPSA) is 87.9 Å². The first-order chi connectivity index (χ1) is 11.5. The molecule has 2 heterocycles. The van der Waals surface area contributed by atoms with Crippen molar-refractivity contribution in [2.24, 2.45) is 11.7 Å². The fourth-order valence-corrected chi connectivity index (χ4v) is 3.74. The van der Waals surface area contributed by atoms with Crippen molar-refractivity contribution in [3.63, 3.8) is 0 Å². The first kappa shape index (κ1) is 19.0. The van der Waals surface area contributed by atoms with Gasteiger partial charge in [-0.1, -0.05) is 0 Å². The number of urea groups is 1. The highest BCUT2D eigenvalue weighted by Gasteiger charge is 2.28. The Bertz CT molecular complexity index is 432. The van der Waals surface area contributed by atoms with Gasteiger partial charge in [-0.2, -0.15) is 0 Å². The van der Waals surface area contributed by atoms with Crippen LogP contribution in [0.25, 0.3) is 0 Å². The van der Waals surface area contributed by atoms with Gasteiger partial charge in [0.05, 0.1) is 12.0 Å². The highest BCUT2D eigenvalue weighted by atomic mass is 16.5. The standard InChI is InChI=1S/C17H32N4O3/c1-13-11-15(24-2)6-10-21(13)17(23)19-7-4-9-20-8-3-5-14(12-20)16(18)22/h13-15H,3-12H2,1-2H3,(H2,18,22)(H,19,23)/t13-,14+,15-/m1/s1. The van der Waals surface area contributed by atoms with Crippen LogP contribution in [-0.4, -0.2) is 73.7 Å². The van der Waals surface area contributed by atoms with E-state index in [1.165, 1.54) is 0 Å². The summed E-state index contributed by atoms with van der Waals surface area (Å²) in [6, 6.07) is 0.229. The third-order valence-electron chi connectivity index (χ3n) is 5.26. The molecule has 2 aliphatic rings. The molecule has 0 aromatic heterocycles. The van der Waals surface area contributed by atoms with Gasteiger partial charge in [0.2, 0.25) is 5.91 Å². The van der Waals surface area contributed by atoms with Crippen LogP contribution >= 0.6 is 0 Å². The monoisotopic (exact) mass is 340 g/mol. The van der Waals surface area contributed by atoms with Crippen molar-refractivity contribution in [1.82, 2.24) is 15.1 Å². The number of hydrogen-bond acceptors (Lipinski definition) is 4. The summed E-state index contributed by atoms with van der Waals surface area (Å²) in [7, 11) is 1.73. The van der Waals surface area contributed by atoms with Crippen LogP contribution in [0.1, 0.15) is 39.0 Å².